The van der Waals surface area contributed by atoms with Crippen LogP contribution < -0.4 is 10.6 Å². The van der Waals surface area contributed by atoms with E-state index >= 15 is 0 Å². The first-order valence-corrected chi connectivity index (χ1v) is 6.77. The summed E-state index contributed by atoms with van der Waals surface area (Å²) < 4.78 is 0. The molecule has 3 rings (SSSR count). The molecule has 1 aromatic rings. The van der Waals surface area contributed by atoms with E-state index < -0.39 is 10.4 Å². The quantitative estimate of drug-likeness (QED) is 0.605. The fraction of sp³-hybridized carbons (Fsp3) is 0.125. The van der Waals surface area contributed by atoms with E-state index in [0.29, 0.717) is 11.4 Å². The summed E-state index contributed by atoms with van der Waals surface area (Å²) >= 11 is 0. The molecule has 1 atom stereocenters. The Hall–Kier alpha value is -3.02. The number of allylic oxidation sites excluding steroid dienone is 5. The second-order valence-electron chi connectivity index (χ2n) is 5.25. The zero-order valence-corrected chi connectivity index (χ0v) is 11.9. The normalized spacial score (nSPS) is 23.5. The Kier molecular flexibility index (Phi) is 3.21. The fourth-order valence-electron chi connectivity index (χ4n) is 2.45. The maximum atomic E-state index is 12.4. The van der Waals surface area contributed by atoms with Gasteiger partial charge in [-0.1, -0.05) is 30.3 Å². The molecule has 1 fully saturated rings. The lowest BCUT2D eigenvalue weighted by molar-refractivity contribution is -0.377. The van der Waals surface area contributed by atoms with Gasteiger partial charge < -0.3 is 21.0 Å². The van der Waals surface area contributed by atoms with E-state index in [9.17, 15) is 15.2 Å². The topological polar surface area (TPSA) is 90.3 Å². The van der Waals surface area contributed by atoms with Gasteiger partial charge in [-0.2, -0.15) is 4.90 Å². The Morgan fingerprint density at radius 3 is 2.27 bits per heavy atom. The molecule has 0 bridgehead atoms. The molecule has 1 aliphatic heterocycles. The van der Waals surface area contributed by atoms with E-state index in [1.54, 1.807) is 19.1 Å². The van der Waals surface area contributed by atoms with Crippen molar-refractivity contribution in [2.24, 2.45) is 0 Å². The second-order valence-corrected chi connectivity index (χ2v) is 5.25. The molecule has 1 aliphatic carbocycles. The van der Waals surface area contributed by atoms with Crippen molar-refractivity contribution >= 4 is 11.6 Å². The molecule has 1 amide bonds. The van der Waals surface area contributed by atoms with Gasteiger partial charge in [-0.05, 0) is 24.6 Å². The first-order chi connectivity index (χ1) is 10.5. The smallest absolute Gasteiger partial charge is 0.255 e. The highest BCUT2D eigenvalue weighted by Gasteiger charge is 2.42. The number of nitrogens with one attached hydrogen (secondary N) is 2. The van der Waals surface area contributed by atoms with E-state index in [4.69, 9.17) is 0 Å². The van der Waals surface area contributed by atoms with Gasteiger partial charge in [0.2, 0.25) is 5.71 Å². The summed E-state index contributed by atoms with van der Waals surface area (Å²) in [4.78, 5) is 11.9. The van der Waals surface area contributed by atoms with Crippen LogP contribution in [0.25, 0.3) is 0 Å². The van der Waals surface area contributed by atoms with E-state index in [0.717, 1.165) is 5.56 Å². The van der Waals surface area contributed by atoms with Crippen molar-refractivity contribution in [2.45, 2.75) is 12.5 Å². The summed E-state index contributed by atoms with van der Waals surface area (Å²) in [6.07, 6.45) is 6.04. The molecule has 0 radical (unpaired) electrons. The van der Waals surface area contributed by atoms with Gasteiger partial charge in [-0.3, -0.25) is 4.79 Å². The molecule has 6 nitrogen and oxygen atoms in total. The van der Waals surface area contributed by atoms with Crippen LogP contribution in [-0.2, 0) is 10.3 Å². The Labute approximate surface area is 127 Å². The van der Waals surface area contributed by atoms with Crippen LogP contribution in [0.15, 0.2) is 66.0 Å². The van der Waals surface area contributed by atoms with Crippen LogP contribution in [0, 0.1) is 10.4 Å². The molecule has 2 aliphatic rings. The van der Waals surface area contributed by atoms with Gasteiger partial charge in [0, 0.05) is 17.7 Å². The lowest BCUT2D eigenvalue weighted by atomic mass is 9.92. The maximum absolute atomic E-state index is 12.4. The highest BCUT2D eigenvalue weighted by molar-refractivity contribution is 6.02. The van der Waals surface area contributed by atoms with Gasteiger partial charge in [0.1, 0.15) is 11.4 Å². The minimum absolute atomic E-state index is 0.0134. The first-order valence-electron chi connectivity index (χ1n) is 6.77. The Bertz CT molecular complexity index is 725. The Balaban J connectivity index is 1.93. The standard InChI is InChI=1S/C16H14N3O3/c1-16(12-5-3-2-4-6-12)15(20)17-14(18-16)11-7-9-13(10-8-11)19(21)22/h2-10,18H,1H3,(H-,17,20,21,22)/q-1/t16-/m0/s1. The SMILES string of the molecule is C[C@@]1(c2ccccc2)NC(=C2C=CC(=[N+]([O-])[O-])C=C2)NC1=O. The molecule has 2 N–H and O–H groups in total. The van der Waals surface area contributed by atoms with Crippen molar-refractivity contribution in [3.63, 3.8) is 0 Å². The van der Waals surface area contributed by atoms with Crippen molar-refractivity contribution in [1.29, 1.82) is 0 Å². The summed E-state index contributed by atoms with van der Waals surface area (Å²) in [5.74, 6) is 0.387. The van der Waals surface area contributed by atoms with E-state index in [2.05, 4.69) is 10.6 Å². The van der Waals surface area contributed by atoms with Crippen LogP contribution in [0.2, 0.25) is 0 Å². The highest BCUT2D eigenvalue weighted by atomic mass is 16.8. The molecule has 0 spiro atoms. The van der Waals surface area contributed by atoms with Gasteiger partial charge in [-0.15, -0.1) is 0 Å². The summed E-state index contributed by atoms with van der Waals surface area (Å²) in [5.41, 5.74) is 0.695. The molecule has 112 valence electrons. The Morgan fingerprint density at radius 1 is 1.05 bits per heavy atom. The van der Waals surface area contributed by atoms with Crippen molar-refractivity contribution in [2.75, 3.05) is 0 Å². The number of nitrogens with zero attached hydrogens (tertiary/aromatic N) is 1. The number of hydrogen-bond acceptors (Lipinski definition) is 4. The van der Waals surface area contributed by atoms with Crippen LogP contribution in [0.1, 0.15) is 12.5 Å². The molecule has 0 saturated carbocycles. The summed E-state index contributed by atoms with van der Waals surface area (Å²) in [5, 5.41) is 27.4. The monoisotopic (exact) mass is 296 g/mol. The maximum Gasteiger partial charge on any atom is 0.255 e. The van der Waals surface area contributed by atoms with E-state index in [1.807, 2.05) is 30.3 Å². The molecule has 22 heavy (non-hydrogen) atoms. The highest BCUT2D eigenvalue weighted by Crippen LogP contribution is 2.28. The van der Waals surface area contributed by atoms with E-state index in [-0.39, 0.29) is 11.6 Å². The molecule has 1 heterocycles. The molecule has 0 unspecified atom stereocenters. The Morgan fingerprint density at radius 2 is 1.68 bits per heavy atom. The van der Waals surface area contributed by atoms with Crippen LogP contribution >= 0.6 is 0 Å². The minimum atomic E-state index is -0.863. The van der Waals surface area contributed by atoms with Crippen LogP contribution in [0.5, 0.6) is 0 Å². The zero-order valence-electron chi connectivity index (χ0n) is 11.9. The first kappa shape index (κ1) is 13.9. The third-order valence-corrected chi connectivity index (χ3v) is 3.79. The van der Waals surface area contributed by atoms with Crippen LogP contribution in [-0.4, -0.2) is 16.5 Å². The zero-order chi connectivity index (χ0) is 15.7. The van der Waals surface area contributed by atoms with Gasteiger partial charge in [0.05, 0.1) is 0 Å². The van der Waals surface area contributed by atoms with Crippen LogP contribution in [0.4, 0.5) is 0 Å². The van der Waals surface area contributed by atoms with Gasteiger partial charge in [0.15, 0.2) is 0 Å². The summed E-state index contributed by atoms with van der Waals surface area (Å²) in [6, 6.07) is 9.40. The number of hydrogen-bond donors (Lipinski definition) is 2. The number of carbonyl (C=O) groups excluding carboxylic acids is 1. The van der Waals surface area contributed by atoms with Crippen LogP contribution in [0.3, 0.4) is 0 Å². The van der Waals surface area contributed by atoms with Crippen molar-refractivity contribution in [3.8, 4) is 0 Å². The number of rotatable bonds is 1. The van der Waals surface area contributed by atoms with Gasteiger partial charge >= 0.3 is 0 Å². The fourth-order valence-corrected chi connectivity index (χ4v) is 2.45. The predicted octanol–water partition coefficient (Wildman–Crippen LogP) is 1.41. The average molecular weight is 296 g/mol. The minimum Gasteiger partial charge on any atom is -0.612 e. The number of carbonyl (C=O) groups is 1. The second kappa shape index (κ2) is 5.07. The lowest BCUT2D eigenvalue weighted by Crippen LogP contribution is -2.39. The molecule has 0 aromatic heterocycles. The van der Waals surface area contributed by atoms with Gasteiger partial charge in [-0.25, -0.2) is 0 Å². The summed E-state index contributed by atoms with van der Waals surface area (Å²) in [7, 11) is 0. The lowest BCUT2D eigenvalue weighted by Gasteiger charge is -2.22. The van der Waals surface area contributed by atoms with Gasteiger partial charge in [0.25, 0.3) is 5.91 Å². The molecular weight excluding hydrogens is 282 g/mol. The molecular formula is C16H14N3O3-. The number of benzene rings is 1. The van der Waals surface area contributed by atoms with Crippen molar-refractivity contribution in [3.05, 3.63) is 82.0 Å². The van der Waals surface area contributed by atoms with Crippen molar-refractivity contribution < 1.29 is 9.70 Å². The average Bonchev–Trinajstić information content (AvgIpc) is 2.85. The third-order valence-electron chi connectivity index (χ3n) is 3.79. The molecule has 1 aromatic carbocycles. The van der Waals surface area contributed by atoms with E-state index in [1.165, 1.54) is 12.2 Å². The molecule has 1 saturated heterocycles. The largest absolute Gasteiger partial charge is 0.612 e. The summed E-state index contributed by atoms with van der Waals surface area (Å²) in [6.45, 7) is 1.80. The third kappa shape index (κ3) is 2.24. The number of amides is 1. The predicted molar refractivity (Wildman–Crippen MR) is 82.4 cm³/mol. The van der Waals surface area contributed by atoms with Crippen molar-refractivity contribution in [1.82, 2.24) is 10.6 Å². The molecule has 6 heteroatoms.